The summed E-state index contributed by atoms with van der Waals surface area (Å²) in [7, 11) is 2.66. The number of aromatic nitrogens is 1. The van der Waals surface area contributed by atoms with Gasteiger partial charge in [-0.05, 0) is 23.8 Å². The minimum absolute atomic E-state index is 0.0669. The topological polar surface area (TPSA) is 64.4 Å². The molecule has 3 aromatic rings. The van der Waals surface area contributed by atoms with Crippen molar-refractivity contribution in [3.8, 4) is 34.6 Å². The molecule has 1 aromatic heterocycles. The van der Waals surface area contributed by atoms with Crippen molar-refractivity contribution in [3.63, 3.8) is 0 Å². The van der Waals surface area contributed by atoms with E-state index in [2.05, 4.69) is 15.8 Å². The Morgan fingerprint density at radius 2 is 1.79 bits per heavy atom. The highest BCUT2D eigenvalue weighted by molar-refractivity contribution is 7.11. The lowest BCUT2D eigenvalue weighted by Crippen LogP contribution is -2.05. The van der Waals surface area contributed by atoms with Gasteiger partial charge >= 0.3 is 6.61 Å². The Morgan fingerprint density at radius 3 is 2.34 bits per heavy atom. The van der Waals surface area contributed by atoms with Crippen molar-refractivity contribution in [2.75, 3.05) is 14.2 Å². The average molecular weight is 414 g/mol. The molecule has 0 aliphatic rings. The number of rotatable bonds is 7. The second-order valence-electron chi connectivity index (χ2n) is 5.71. The molecule has 0 N–H and O–H groups in total. The number of thiazole rings is 1. The number of hydrogen-bond acceptors (Lipinski definition) is 6. The van der Waals surface area contributed by atoms with Crippen LogP contribution >= 0.6 is 11.3 Å². The van der Waals surface area contributed by atoms with Gasteiger partial charge < -0.3 is 14.2 Å². The van der Waals surface area contributed by atoms with Crippen LogP contribution < -0.4 is 14.2 Å². The molecule has 0 unspecified atom stereocenters. The lowest BCUT2D eigenvalue weighted by Gasteiger charge is -2.14. The molecule has 1 heterocycles. The fraction of sp³-hybridized carbons (Fsp3) is 0.143. The quantitative estimate of drug-likeness (QED) is 0.478. The standard InChI is InChI=1S/C21H16F2N2O3S/c1-26-17-9-13(10-18(27-2)19(17)28-21(22)23)8-15(11-24)20-25-16(12-29-20)14-6-4-3-5-7-14/h3-10,12,21H,1-2H3/b15-8+. The number of nitriles is 1. The van der Waals surface area contributed by atoms with Gasteiger partial charge in [-0.25, -0.2) is 4.98 Å². The van der Waals surface area contributed by atoms with E-state index >= 15 is 0 Å². The number of methoxy groups -OCH3 is 2. The summed E-state index contributed by atoms with van der Waals surface area (Å²) in [5.41, 5.74) is 2.56. The van der Waals surface area contributed by atoms with E-state index in [0.717, 1.165) is 11.3 Å². The second kappa shape index (κ2) is 9.17. The van der Waals surface area contributed by atoms with Crippen molar-refractivity contribution in [1.82, 2.24) is 4.98 Å². The van der Waals surface area contributed by atoms with Gasteiger partial charge in [-0.15, -0.1) is 11.3 Å². The Balaban J connectivity index is 1.99. The Morgan fingerprint density at radius 1 is 1.14 bits per heavy atom. The summed E-state index contributed by atoms with van der Waals surface area (Å²) in [4.78, 5) is 4.53. The van der Waals surface area contributed by atoms with Gasteiger partial charge in [0.05, 0.1) is 25.5 Å². The molecule has 2 aromatic carbocycles. The fourth-order valence-corrected chi connectivity index (χ4v) is 3.43. The Hall–Kier alpha value is -3.44. The monoisotopic (exact) mass is 414 g/mol. The lowest BCUT2D eigenvalue weighted by atomic mass is 10.1. The zero-order valence-corrected chi connectivity index (χ0v) is 16.4. The van der Waals surface area contributed by atoms with Crippen molar-refractivity contribution >= 4 is 23.0 Å². The molecule has 148 valence electrons. The van der Waals surface area contributed by atoms with Gasteiger partial charge in [-0.1, -0.05) is 30.3 Å². The molecule has 0 spiro atoms. The van der Waals surface area contributed by atoms with E-state index in [1.54, 1.807) is 6.08 Å². The first kappa shape index (κ1) is 20.3. The van der Waals surface area contributed by atoms with Gasteiger partial charge in [-0.2, -0.15) is 14.0 Å². The molecule has 0 fully saturated rings. The van der Waals surface area contributed by atoms with Crippen molar-refractivity contribution in [2.45, 2.75) is 6.61 Å². The van der Waals surface area contributed by atoms with E-state index in [1.807, 2.05) is 35.7 Å². The molecule has 5 nitrogen and oxygen atoms in total. The molecular weight excluding hydrogens is 398 g/mol. The van der Waals surface area contributed by atoms with E-state index < -0.39 is 6.61 Å². The molecule has 0 saturated heterocycles. The maximum absolute atomic E-state index is 12.7. The molecule has 0 atom stereocenters. The molecule has 29 heavy (non-hydrogen) atoms. The van der Waals surface area contributed by atoms with Crippen LogP contribution in [0.5, 0.6) is 17.2 Å². The Bertz CT molecular complexity index is 1030. The van der Waals surface area contributed by atoms with Crippen LogP contribution in [0.15, 0.2) is 47.8 Å². The normalized spacial score (nSPS) is 11.2. The van der Waals surface area contributed by atoms with Gasteiger partial charge in [0, 0.05) is 10.9 Å². The predicted molar refractivity (Wildman–Crippen MR) is 107 cm³/mol. The van der Waals surface area contributed by atoms with Crippen LogP contribution in [0.3, 0.4) is 0 Å². The first-order chi connectivity index (χ1) is 14.0. The summed E-state index contributed by atoms with van der Waals surface area (Å²) in [6.07, 6.45) is 1.59. The van der Waals surface area contributed by atoms with E-state index in [0.29, 0.717) is 16.1 Å². The molecule has 0 bridgehead atoms. The molecule has 0 aliphatic heterocycles. The van der Waals surface area contributed by atoms with Crippen LogP contribution in [0.2, 0.25) is 0 Å². The summed E-state index contributed by atoms with van der Waals surface area (Å²) in [5, 5.41) is 12.0. The first-order valence-corrected chi connectivity index (χ1v) is 9.27. The number of nitrogens with zero attached hydrogens (tertiary/aromatic N) is 2. The number of hydrogen-bond donors (Lipinski definition) is 0. The summed E-state index contributed by atoms with van der Waals surface area (Å²) < 4.78 is 40.2. The Kier molecular flexibility index (Phi) is 6.42. The average Bonchev–Trinajstić information content (AvgIpc) is 3.23. The SMILES string of the molecule is COc1cc(/C=C(\C#N)c2nc(-c3ccccc3)cs2)cc(OC)c1OC(F)F. The van der Waals surface area contributed by atoms with E-state index in [9.17, 15) is 14.0 Å². The largest absolute Gasteiger partial charge is 0.493 e. The van der Waals surface area contributed by atoms with Crippen LogP contribution in [0.4, 0.5) is 8.78 Å². The zero-order valence-electron chi connectivity index (χ0n) is 15.6. The molecule has 3 rings (SSSR count). The maximum atomic E-state index is 12.7. The molecular formula is C21H16F2N2O3S. The molecule has 0 saturated carbocycles. The summed E-state index contributed by atoms with van der Waals surface area (Å²) in [6.45, 7) is -3.03. The van der Waals surface area contributed by atoms with Crippen LogP contribution in [0.1, 0.15) is 10.6 Å². The number of halogens is 2. The second-order valence-corrected chi connectivity index (χ2v) is 6.56. The fourth-order valence-electron chi connectivity index (χ4n) is 2.64. The zero-order chi connectivity index (χ0) is 20.8. The lowest BCUT2D eigenvalue weighted by molar-refractivity contribution is -0.0526. The third-order valence-corrected chi connectivity index (χ3v) is 4.80. The van der Waals surface area contributed by atoms with Gasteiger partial charge in [0.25, 0.3) is 0 Å². The molecule has 8 heteroatoms. The van der Waals surface area contributed by atoms with Gasteiger partial charge in [0.2, 0.25) is 5.75 Å². The molecule has 0 radical (unpaired) electrons. The Labute approximate surface area is 170 Å². The highest BCUT2D eigenvalue weighted by atomic mass is 32.1. The first-order valence-electron chi connectivity index (χ1n) is 8.39. The summed E-state index contributed by atoms with van der Waals surface area (Å²) >= 11 is 1.34. The predicted octanol–water partition coefficient (Wildman–Crippen LogP) is 5.49. The number of allylic oxidation sites excluding steroid dienone is 1. The van der Waals surface area contributed by atoms with Crippen molar-refractivity contribution < 1.29 is 23.0 Å². The van der Waals surface area contributed by atoms with Crippen LogP contribution in [-0.4, -0.2) is 25.8 Å². The minimum Gasteiger partial charge on any atom is -0.493 e. The number of benzene rings is 2. The van der Waals surface area contributed by atoms with Gasteiger partial charge in [0.1, 0.15) is 11.1 Å². The van der Waals surface area contributed by atoms with Crippen LogP contribution in [-0.2, 0) is 0 Å². The van der Waals surface area contributed by atoms with Gasteiger partial charge in [0.15, 0.2) is 11.5 Å². The number of ether oxygens (including phenoxy) is 3. The third kappa shape index (κ3) is 4.70. The van der Waals surface area contributed by atoms with E-state index in [4.69, 9.17) is 9.47 Å². The van der Waals surface area contributed by atoms with Crippen LogP contribution in [0.25, 0.3) is 22.9 Å². The highest BCUT2D eigenvalue weighted by Crippen LogP contribution is 2.40. The van der Waals surface area contributed by atoms with Gasteiger partial charge in [-0.3, -0.25) is 0 Å². The van der Waals surface area contributed by atoms with Crippen molar-refractivity contribution in [1.29, 1.82) is 5.26 Å². The third-order valence-electron chi connectivity index (χ3n) is 3.93. The summed E-state index contributed by atoms with van der Waals surface area (Å²) in [5.74, 6) is -0.0733. The van der Waals surface area contributed by atoms with E-state index in [1.165, 1.54) is 37.7 Å². The van der Waals surface area contributed by atoms with Crippen LogP contribution in [0, 0.1) is 11.3 Å². The molecule has 0 amide bonds. The van der Waals surface area contributed by atoms with E-state index in [-0.39, 0.29) is 17.2 Å². The minimum atomic E-state index is -3.03. The smallest absolute Gasteiger partial charge is 0.387 e. The summed E-state index contributed by atoms with van der Waals surface area (Å²) in [6, 6.07) is 14.7. The van der Waals surface area contributed by atoms with Crippen molar-refractivity contribution in [3.05, 3.63) is 58.4 Å². The maximum Gasteiger partial charge on any atom is 0.387 e. The highest BCUT2D eigenvalue weighted by Gasteiger charge is 2.18. The van der Waals surface area contributed by atoms with Crippen molar-refractivity contribution in [2.24, 2.45) is 0 Å². The number of alkyl halides is 2. The molecule has 0 aliphatic carbocycles.